The maximum atomic E-state index is 13.4. The van der Waals surface area contributed by atoms with E-state index in [0.717, 1.165) is 50.3 Å². The van der Waals surface area contributed by atoms with Crippen molar-refractivity contribution in [2.75, 3.05) is 39.9 Å². The van der Waals surface area contributed by atoms with Crippen LogP contribution < -0.4 is 11.1 Å². The van der Waals surface area contributed by atoms with E-state index < -0.39 is 0 Å². The van der Waals surface area contributed by atoms with Gasteiger partial charge in [0.15, 0.2) is 5.96 Å². The number of nitrogens with two attached hydrogens (primary N) is 1. The minimum atomic E-state index is -0.243. The molecule has 3 N–H and O–H groups in total. The Morgan fingerprint density at radius 2 is 2.07 bits per heavy atom. The Balaban J connectivity index is 1.69. The van der Waals surface area contributed by atoms with E-state index in [9.17, 15) is 9.18 Å². The summed E-state index contributed by atoms with van der Waals surface area (Å²) in [6.07, 6.45) is 4.23. The Kier molecular flexibility index (Phi) is 6.88. The second kappa shape index (κ2) is 9.37. The number of amides is 1. The molecule has 2 heterocycles. The van der Waals surface area contributed by atoms with E-state index in [4.69, 9.17) is 10.5 Å². The van der Waals surface area contributed by atoms with Crippen LogP contribution in [0.5, 0.6) is 0 Å². The van der Waals surface area contributed by atoms with Crippen molar-refractivity contribution in [3.05, 3.63) is 35.6 Å². The van der Waals surface area contributed by atoms with E-state index in [1.807, 2.05) is 12.1 Å². The predicted octanol–water partition coefficient (Wildman–Crippen LogP) is 2.04. The van der Waals surface area contributed by atoms with Gasteiger partial charge in [0, 0.05) is 51.7 Å². The summed E-state index contributed by atoms with van der Waals surface area (Å²) in [4.78, 5) is 18.0. The van der Waals surface area contributed by atoms with Gasteiger partial charge in [0.05, 0.1) is 0 Å². The van der Waals surface area contributed by atoms with Crippen molar-refractivity contribution in [2.45, 2.75) is 37.5 Å². The first-order valence-corrected chi connectivity index (χ1v) is 10.1. The van der Waals surface area contributed by atoms with Crippen LogP contribution in [-0.2, 0) is 14.9 Å². The Hall–Kier alpha value is -2.15. The van der Waals surface area contributed by atoms with Crippen molar-refractivity contribution >= 4 is 11.9 Å². The molecule has 1 unspecified atom stereocenters. The van der Waals surface area contributed by atoms with Crippen LogP contribution in [0, 0.1) is 11.7 Å². The smallest absolute Gasteiger partial charge is 0.217 e. The van der Waals surface area contributed by atoms with Gasteiger partial charge in [0.1, 0.15) is 5.82 Å². The second-order valence-electron chi connectivity index (χ2n) is 7.93. The van der Waals surface area contributed by atoms with E-state index in [-0.39, 0.29) is 23.1 Å². The first-order valence-electron chi connectivity index (χ1n) is 10.1. The summed E-state index contributed by atoms with van der Waals surface area (Å²) in [7, 11) is 1.79. The molecular formula is C21H31FN4O2. The lowest BCUT2D eigenvalue weighted by atomic mass is 9.74. The number of primary amides is 1. The molecule has 2 aliphatic heterocycles. The lowest BCUT2D eigenvalue weighted by Crippen LogP contribution is -2.51. The normalized spacial score (nSPS) is 22.7. The van der Waals surface area contributed by atoms with Crippen molar-refractivity contribution < 1.29 is 13.9 Å². The van der Waals surface area contributed by atoms with Crippen molar-refractivity contribution in [1.29, 1.82) is 0 Å². The molecular weight excluding hydrogens is 359 g/mol. The average Bonchev–Trinajstić information content (AvgIpc) is 2.69. The predicted molar refractivity (Wildman–Crippen MR) is 108 cm³/mol. The van der Waals surface area contributed by atoms with E-state index in [0.29, 0.717) is 26.2 Å². The summed E-state index contributed by atoms with van der Waals surface area (Å²) >= 11 is 0. The van der Waals surface area contributed by atoms with Crippen LogP contribution in [0.15, 0.2) is 29.3 Å². The third-order valence-electron chi connectivity index (χ3n) is 6.01. The lowest BCUT2D eigenvalue weighted by Gasteiger charge is -2.40. The van der Waals surface area contributed by atoms with Gasteiger partial charge in [-0.15, -0.1) is 0 Å². The van der Waals surface area contributed by atoms with Crippen molar-refractivity contribution in [1.82, 2.24) is 10.2 Å². The molecule has 0 aromatic heterocycles. The van der Waals surface area contributed by atoms with Gasteiger partial charge >= 0.3 is 0 Å². The SMILES string of the molecule is CN=C(NCC1(c2ccc(F)cc2)CCOCC1)N1CCCC(CC(N)=O)C1. The van der Waals surface area contributed by atoms with Crippen LogP contribution in [0.3, 0.4) is 0 Å². The lowest BCUT2D eigenvalue weighted by molar-refractivity contribution is -0.119. The number of carbonyl (C=O) groups excluding carboxylic acids is 1. The number of guanidine groups is 1. The zero-order valence-corrected chi connectivity index (χ0v) is 16.6. The number of hydrogen-bond acceptors (Lipinski definition) is 3. The molecule has 154 valence electrons. The van der Waals surface area contributed by atoms with Gasteiger partial charge in [-0.05, 0) is 49.3 Å². The molecule has 2 saturated heterocycles. The molecule has 0 spiro atoms. The minimum Gasteiger partial charge on any atom is -0.381 e. The number of carbonyl (C=O) groups is 1. The maximum absolute atomic E-state index is 13.4. The molecule has 0 radical (unpaired) electrons. The average molecular weight is 391 g/mol. The summed E-state index contributed by atoms with van der Waals surface area (Å²) in [5.74, 6) is 0.664. The molecule has 1 atom stereocenters. The standard InChI is InChI=1S/C21H31FN4O2/c1-24-20(26-10-2-3-16(14-26)13-19(23)27)25-15-21(8-11-28-12-9-21)17-4-6-18(22)7-5-17/h4-7,16H,2-3,8-15H2,1H3,(H2,23,27)(H,24,25). The first-order chi connectivity index (χ1) is 13.5. The number of nitrogens with zero attached hydrogens (tertiary/aromatic N) is 2. The largest absolute Gasteiger partial charge is 0.381 e. The number of aliphatic imine (C=N–C) groups is 1. The van der Waals surface area contributed by atoms with Gasteiger partial charge in [-0.1, -0.05) is 12.1 Å². The summed E-state index contributed by atoms with van der Waals surface area (Å²) in [5, 5.41) is 3.55. The molecule has 28 heavy (non-hydrogen) atoms. The highest BCUT2D eigenvalue weighted by Gasteiger charge is 2.35. The highest BCUT2D eigenvalue weighted by molar-refractivity contribution is 5.80. The highest BCUT2D eigenvalue weighted by Crippen LogP contribution is 2.34. The molecule has 1 aromatic carbocycles. The Morgan fingerprint density at radius 1 is 1.36 bits per heavy atom. The van der Waals surface area contributed by atoms with Gasteiger partial charge in [0.2, 0.25) is 5.91 Å². The van der Waals surface area contributed by atoms with Gasteiger partial charge in [-0.2, -0.15) is 0 Å². The third-order valence-corrected chi connectivity index (χ3v) is 6.01. The van der Waals surface area contributed by atoms with Gasteiger partial charge in [-0.25, -0.2) is 4.39 Å². The molecule has 0 saturated carbocycles. The number of benzene rings is 1. The molecule has 2 aliphatic rings. The number of piperidine rings is 1. The van der Waals surface area contributed by atoms with E-state index in [2.05, 4.69) is 15.2 Å². The molecule has 6 nitrogen and oxygen atoms in total. The van der Waals surface area contributed by atoms with Crippen LogP contribution in [0.1, 0.15) is 37.7 Å². The van der Waals surface area contributed by atoms with Crippen molar-refractivity contribution in [2.24, 2.45) is 16.6 Å². The minimum absolute atomic E-state index is 0.107. The zero-order chi connectivity index (χ0) is 20.0. The zero-order valence-electron chi connectivity index (χ0n) is 16.6. The number of nitrogens with one attached hydrogen (secondary N) is 1. The van der Waals surface area contributed by atoms with Crippen molar-refractivity contribution in [3.63, 3.8) is 0 Å². The summed E-state index contributed by atoms with van der Waals surface area (Å²) in [6, 6.07) is 6.82. The molecule has 0 bridgehead atoms. The Morgan fingerprint density at radius 3 is 2.71 bits per heavy atom. The number of halogens is 1. The summed E-state index contributed by atoms with van der Waals surface area (Å²) in [5.41, 5.74) is 6.41. The van der Waals surface area contributed by atoms with Crippen LogP contribution in [-0.4, -0.2) is 56.7 Å². The number of rotatable bonds is 5. The van der Waals surface area contributed by atoms with Crippen molar-refractivity contribution in [3.8, 4) is 0 Å². The van der Waals surface area contributed by atoms with Crippen LogP contribution >= 0.6 is 0 Å². The van der Waals surface area contributed by atoms with E-state index in [1.54, 1.807) is 7.05 Å². The van der Waals surface area contributed by atoms with Crippen LogP contribution in [0.2, 0.25) is 0 Å². The van der Waals surface area contributed by atoms with Gasteiger partial charge in [0.25, 0.3) is 0 Å². The summed E-state index contributed by atoms with van der Waals surface area (Å²) in [6.45, 7) is 3.81. The topological polar surface area (TPSA) is 80.0 Å². The van der Waals surface area contributed by atoms with Gasteiger partial charge < -0.3 is 20.7 Å². The fraction of sp³-hybridized carbons (Fsp3) is 0.619. The molecule has 0 aliphatic carbocycles. The fourth-order valence-corrected chi connectivity index (χ4v) is 4.42. The first kappa shape index (κ1) is 20.6. The van der Waals surface area contributed by atoms with Crippen LogP contribution in [0.25, 0.3) is 0 Å². The Bertz CT molecular complexity index is 686. The molecule has 2 fully saturated rings. The third kappa shape index (κ3) is 5.01. The van der Waals surface area contributed by atoms with Crippen LogP contribution in [0.4, 0.5) is 4.39 Å². The molecule has 7 heteroatoms. The molecule has 1 aromatic rings. The number of ether oxygens (including phenoxy) is 1. The summed E-state index contributed by atoms with van der Waals surface area (Å²) < 4.78 is 19.0. The highest BCUT2D eigenvalue weighted by atomic mass is 19.1. The second-order valence-corrected chi connectivity index (χ2v) is 7.93. The fourth-order valence-electron chi connectivity index (χ4n) is 4.42. The number of likely N-dealkylation sites (tertiary alicyclic amines) is 1. The monoisotopic (exact) mass is 390 g/mol. The van der Waals surface area contributed by atoms with E-state index in [1.165, 1.54) is 12.1 Å². The Labute approximate surface area is 166 Å². The molecule has 1 amide bonds. The van der Waals surface area contributed by atoms with Gasteiger partial charge in [-0.3, -0.25) is 9.79 Å². The van der Waals surface area contributed by atoms with E-state index >= 15 is 0 Å². The molecule has 3 rings (SSSR count). The number of hydrogen-bond donors (Lipinski definition) is 2. The quantitative estimate of drug-likeness (QED) is 0.596. The maximum Gasteiger partial charge on any atom is 0.217 e.